The lowest BCUT2D eigenvalue weighted by Gasteiger charge is -2.18. The molecule has 0 bridgehead atoms. The second-order valence-corrected chi connectivity index (χ2v) is 3.38. The van der Waals surface area contributed by atoms with E-state index in [0.717, 1.165) is 5.92 Å². The largest absolute Gasteiger partial charge is 0.0811 e. The zero-order chi connectivity index (χ0) is 8.27. The summed E-state index contributed by atoms with van der Waals surface area (Å²) in [6, 6.07) is 0. The zero-order valence-electron chi connectivity index (χ0n) is 7.85. The number of hydrogen-bond acceptors (Lipinski definition) is 0. The molecule has 0 aromatic carbocycles. The lowest BCUT2D eigenvalue weighted by molar-refractivity contribution is 0.676. The molecule has 1 aliphatic carbocycles. The molecule has 0 aliphatic heterocycles. The van der Waals surface area contributed by atoms with E-state index in [1.165, 1.54) is 19.3 Å². The molecule has 0 N–H and O–H groups in total. The van der Waals surface area contributed by atoms with Gasteiger partial charge in [-0.15, -0.1) is 0 Å². The Bertz CT molecular complexity index is 184. The smallest absolute Gasteiger partial charge is 0.0221 e. The summed E-state index contributed by atoms with van der Waals surface area (Å²) in [5, 5.41) is 0. The molecule has 0 aromatic heterocycles. The minimum Gasteiger partial charge on any atom is -0.0811 e. The van der Waals surface area contributed by atoms with Crippen LogP contribution in [-0.2, 0) is 0 Å². The van der Waals surface area contributed by atoms with Crippen molar-refractivity contribution in [2.75, 3.05) is 0 Å². The highest BCUT2D eigenvalue weighted by Gasteiger charge is 2.09. The predicted molar refractivity (Wildman–Crippen MR) is 50.5 cm³/mol. The van der Waals surface area contributed by atoms with Crippen LogP contribution < -0.4 is 0 Å². The third-order valence-electron chi connectivity index (χ3n) is 2.46. The first-order valence-corrected chi connectivity index (χ1v) is 4.67. The van der Waals surface area contributed by atoms with Gasteiger partial charge in [0.1, 0.15) is 0 Å². The van der Waals surface area contributed by atoms with Crippen molar-refractivity contribution >= 4 is 0 Å². The molecule has 0 fully saturated rings. The van der Waals surface area contributed by atoms with Crippen molar-refractivity contribution in [2.45, 2.75) is 40.0 Å². The maximum Gasteiger partial charge on any atom is -0.0221 e. The number of hydrogen-bond donors (Lipinski definition) is 0. The molecule has 0 saturated carbocycles. The molecule has 1 rings (SSSR count). The summed E-state index contributed by atoms with van der Waals surface area (Å²) < 4.78 is 0. The Morgan fingerprint density at radius 2 is 2.09 bits per heavy atom. The fourth-order valence-corrected chi connectivity index (χ4v) is 1.73. The van der Waals surface area contributed by atoms with Crippen LogP contribution in [0.2, 0.25) is 0 Å². The van der Waals surface area contributed by atoms with Gasteiger partial charge >= 0.3 is 0 Å². The second kappa shape index (κ2) is 3.75. The van der Waals surface area contributed by atoms with E-state index >= 15 is 0 Å². The average molecular weight is 150 g/mol. The maximum absolute atomic E-state index is 2.33. The van der Waals surface area contributed by atoms with Crippen molar-refractivity contribution in [2.24, 2.45) is 5.92 Å². The minimum absolute atomic E-state index is 0.764. The summed E-state index contributed by atoms with van der Waals surface area (Å²) in [6.45, 7) is 6.79. The summed E-state index contributed by atoms with van der Waals surface area (Å²) in [6.07, 6.45) is 8.37. The molecule has 1 unspecified atom stereocenters. The molecule has 0 nitrogen and oxygen atoms in total. The maximum atomic E-state index is 2.33. The van der Waals surface area contributed by atoms with Gasteiger partial charge in [-0.05, 0) is 30.8 Å². The lowest BCUT2D eigenvalue weighted by atomic mass is 9.88. The summed E-state index contributed by atoms with van der Waals surface area (Å²) in [5.41, 5.74) is 3.24. The third-order valence-corrected chi connectivity index (χ3v) is 2.46. The van der Waals surface area contributed by atoms with Crippen LogP contribution in [0.4, 0.5) is 0 Å². The van der Waals surface area contributed by atoms with Gasteiger partial charge in [0.15, 0.2) is 0 Å². The van der Waals surface area contributed by atoms with Crippen LogP contribution in [0.1, 0.15) is 40.0 Å². The van der Waals surface area contributed by atoms with Gasteiger partial charge in [0, 0.05) is 0 Å². The van der Waals surface area contributed by atoms with E-state index < -0.39 is 0 Å². The standard InChI is InChI=1S/C11H18/c1-4-10-7-6-9(3)8-11(10)5-2/h6-7,9H,4-5,8H2,1-3H3. The molecule has 0 saturated heterocycles. The molecule has 1 atom stereocenters. The van der Waals surface area contributed by atoms with E-state index in [1.54, 1.807) is 11.1 Å². The van der Waals surface area contributed by atoms with Crippen LogP contribution >= 0.6 is 0 Å². The lowest BCUT2D eigenvalue weighted by Crippen LogP contribution is -2.01. The molecular formula is C11H18. The van der Waals surface area contributed by atoms with Gasteiger partial charge in [-0.1, -0.05) is 38.5 Å². The SMILES string of the molecule is CCC1=C(CC)CC(C)C=C1. The molecule has 0 aromatic rings. The highest BCUT2D eigenvalue weighted by Crippen LogP contribution is 2.26. The topological polar surface area (TPSA) is 0 Å². The fourth-order valence-electron chi connectivity index (χ4n) is 1.73. The number of rotatable bonds is 2. The normalized spacial score (nSPS) is 24.5. The first kappa shape index (κ1) is 8.58. The van der Waals surface area contributed by atoms with Gasteiger partial charge in [0.05, 0.1) is 0 Å². The fraction of sp³-hybridized carbons (Fsp3) is 0.636. The Morgan fingerprint density at radius 1 is 1.36 bits per heavy atom. The van der Waals surface area contributed by atoms with Crippen LogP contribution in [0.15, 0.2) is 23.3 Å². The van der Waals surface area contributed by atoms with Crippen LogP contribution in [0.3, 0.4) is 0 Å². The van der Waals surface area contributed by atoms with Crippen LogP contribution in [-0.4, -0.2) is 0 Å². The van der Waals surface area contributed by atoms with Gasteiger partial charge < -0.3 is 0 Å². The molecule has 1 aliphatic rings. The highest BCUT2D eigenvalue weighted by atomic mass is 14.1. The first-order valence-electron chi connectivity index (χ1n) is 4.67. The monoisotopic (exact) mass is 150 g/mol. The van der Waals surface area contributed by atoms with Gasteiger partial charge in [-0.3, -0.25) is 0 Å². The average Bonchev–Trinajstić information content (AvgIpc) is 2.04. The molecule has 0 spiro atoms. The molecular weight excluding hydrogens is 132 g/mol. The van der Waals surface area contributed by atoms with Crippen LogP contribution in [0, 0.1) is 5.92 Å². The zero-order valence-corrected chi connectivity index (χ0v) is 7.85. The summed E-state index contributed by atoms with van der Waals surface area (Å²) in [5.74, 6) is 0.764. The minimum atomic E-state index is 0.764. The van der Waals surface area contributed by atoms with Crippen molar-refractivity contribution in [1.29, 1.82) is 0 Å². The second-order valence-electron chi connectivity index (χ2n) is 3.38. The molecule has 62 valence electrons. The van der Waals surface area contributed by atoms with Gasteiger partial charge in [-0.2, -0.15) is 0 Å². The Morgan fingerprint density at radius 3 is 2.64 bits per heavy atom. The van der Waals surface area contributed by atoms with E-state index in [-0.39, 0.29) is 0 Å². The van der Waals surface area contributed by atoms with E-state index in [2.05, 4.69) is 32.9 Å². The van der Waals surface area contributed by atoms with Crippen molar-refractivity contribution in [3.8, 4) is 0 Å². The van der Waals surface area contributed by atoms with Crippen molar-refractivity contribution in [3.05, 3.63) is 23.3 Å². The number of allylic oxidation sites excluding steroid dienone is 4. The Hall–Kier alpha value is -0.520. The molecule has 0 heterocycles. The van der Waals surface area contributed by atoms with Gasteiger partial charge in [0.25, 0.3) is 0 Å². The highest BCUT2D eigenvalue weighted by molar-refractivity contribution is 5.29. The summed E-state index contributed by atoms with van der Waals surface area (Å²) in [7, 11) is 0. The Labute approximate surface area is 70.0 Å². The molecule has 0 radical (unpaired) electrons. The van der Waals surface area contributed by atoms with Crippen molar-refractivity contribution < 1.29 is 0 Å². The van der Waals surface area contributed by atoms with E-state index in [9.17, 15) is 0 Å². The van der Waals surface area contributed by atoms with Gasteiger partial charge in [-0.25, -0.2) is 0 Å². The van der Waals surface area contributed by atoms with Crippen molar-refractivity contribution in [1.82, 2.24) is 0 Å². The predicted octanol–water partition coefficient (Wildman–Crippen LogP) is 3.70. The molecule has 11 heavy (non-hydrogen) atoms. The van der Waals surface area contributed by atoms with E-state index in [0.29, 0.717) is 0 Å². The van der Waals surface area contributed by atoms with Crippen LogP contribution in [0.25, 0.3) is 0 Å². The quantitative estimate of drug-likeness (QED) is 0.563. The summed E-state index contributed by atoms with van der Waals surface area (Å²) >= 11 is 0. The van der Waals surface area contributed by atoms with Gasteiger partial charge in [0.2, 0.25) is 0 Å². The Balaban J connectivity index is 2.76. The first-order chi connectivity index (χ1) is 5.27. The van der Waals surface area contributed by atoms with Crippen molar-refractivity contribution in [3.63, 3.8) is 0 Å². The molecule has 0 heteroatoms. The van der Waals surface area contributed by atoms with E-state index in [4.69, 9.17) is 0 Å². The third kappa shape index (κ3) is 1.95. The molecule has 0 amide bonds. The summed E-state index contributed by atoms with van der Waals surface area (Å²) in [4.78, 5) is 0. The Kier molecular flexibility index (Phi) is 2.92. The van der Waals surface area contributed by atoms with Crippen LogP contribution in [0.5, 0.6) is 0 Å². The van der Waals surface area contributed by atoms with E-state index in [1.807, 2.05) is 0 Å².